The first-order valence-electron chi connectivity index (χ1n) is 17.4. The Morgan fingerprint density at radius 1 is 0.359 bits per heavy atom. The molecule has 0 saturated carbocycles. The third-order valence-electron chi connectivity index (χ3n) is 7.83. The molecule has 0 N–H and O–H groups in total. The van der Waals surface area contributed by atoms with Crippen molar-refractivity contribution in [2.45, 2.75) is 206 Å². The molecule has 5 heteroatoms. The van der Waals surface area contributed by atoms with E-state index in [0.717, 1.165) is 25.7 Å². The second kappa shape index (κ2) is 33.7. The second-order valence-electron chi connectivity index (χ2n) is 11.8. The van der Waals surface area contributed by atoms with Gasteiger partial charge in [0.15, 0.2) is 0 Å². The molecule has 0 rings (SSSR count). The third-order valence-corrected chi connectivity index (χ3v) is 8.55. The molecule has 39 heavy (non-hydrogen) atoms. The van der Waals surface area contributed by atoms with Crippen LogP contribution in [0.4, 0.5) is 0 Å². The molecule has 0 amide bonds. The molecule has 229 valence electrons. The van der Waals surface area contributed by atoms with Gasteiger partial charge in [-0.05, 0) is 12.8 Å². The van der Waals surface area contributed by atoms with Crippen molar-refractivity contribution in [2.75, 3.05) is 0 Å². The van der Waals surface area contributed by atoms with Gasteiger partial charge in [0.25, 0.3) is 11.9 Å². The molecule has 0 bridgehead atoms. The van der Waals surface area contributed by atoms with Gasteiger partial charge in [0.05, 0.1) is 0 Å². The fourth-order valence-corrected chi connectivity index (χ4v) is 5.68. The fraction of sp³-hybridized carbons (Fsp3) is 0.941. The molecule has 0 aliphatic carbocycles. The average Bonchev–Trinajstić information content (AvgIpc) is 2.93. The van der Waals surface area contributed by atoms with E-state index in [2.05, 4.69) is 13.8 Å². The highest BCUT2D eigenvalue weighted by atomic mass is 27.2. The summed E-state index contributed by atoms with van der Waals surface area (Å²) in [6, 6.07) is 0. The summed E-state index contributed by atoms with van der Waals surface area (Å²) in [5.41, 5.74) is 0. The molecule has 0 fully saturated rings. The number of hydrogen-bond donors (Lipinski definition) is 0. The molecule has 0 unspecified atom stereocenters. The topological polar surface area (TPSA) is 52.6 Å². The second-order valence-corrected chi connectivity index (χ2v) is 12.4. The van der Waals surface area contributed by atoms with E-state index in [1.54, 1.807) is 0 Å². The first-order valence-corrected chi connectivity index (χ1v) is 18.4. The van der Waals surface area contributed by atoms with Crippen LogP contribution >= 0.6 is 0 Å². The molecule has 4 nitrogen and oxygen atoms in total. The Hall–Kier alpha value is -0.528. The normalized spacial score (nSPS) is 11.0. The molecule has 0 aromatic carbocycles. The maximum absolute atomic E-state index is 11.8. The van der Waals surface area contributed by atoms with E-state index in [1.807, 2.05) is 0 Å². The zero-order valence-corrected chi connectivity index (χ0v) is 27.6. The Kier molecular flexibility index (Phi) is 33.2. The highest BCUT2D eigenvalue weighted by Gasteiger charge is 2.13. The maximum atomic E-state index is 11.8. The van der Waals surface area contributed by atoms with Crippen molar-refractivity contribution >= 4 is 27.8 Å². The molecular weight excluding hydrogens is 499 g/mol. The summed E-state index contributed by atoms with van der Waals surface area (Å²) in [5, 5.41) is 0. The van der Waals surface area contributed by atoms with E-state index in [0.29, 0.717) is 12.8 Å². The summed E-state index contributed by atoms with van der Waals surface area (Å²) in [6.45, 7) is 4.54. The van der Waals surface area contributed by atoms with Gasteiger partial charge in [-0.1, -0.05) is 181 Å². The highest BCUT2D eigenvalue weighted by Crippen LogP contribution is 2.15. The van der Waals surface area contributed by atoms with Crippen LogP contribution in [-0.2, 0) is 17.2 Å². The van der Waals surface area contributed by atoms with Gasteiger partial charge in [-0.3, -0.25) is 9.59 Å². The standard InChI is InChI=1S/2C17H34O2.Al/c2*1-2-3-4-5-6-7-8-9-10-11-12-13-14-15-16-17(18)19;/h2*2-16H2,1H3,(H,18,19);/q;;+2/p-2. The zero-order chi connectivity index (χ0) is 28.5. The van der Waals surface area contributed by atoms with Crippen LogP contribution in [-0.4, -0.2) is 27.8 Å². The Morgan fingerprint density at radius 3 is 0.795 bits per heavy atom. The monoisotopic (exact) mass is 565 g/mol. The molecule has 0 aromatic heterocycles. The SMILES string of the molecule is CCCCCCCCCCCCCCCCC(=O)[O][Al][O]C(=O)CCCCCCCCCCCCCCCC. The molecule has 0 aromatic rings. The van der Waals surface area contributed by atoms with E-state index < -0.39 is 15.9 Å². The first kappa shape index (κ1) is 38.5. The van der Waals surface area contributed by atoms with Crippen LogP contribution < -0.4 is 0 Å². The molecule has 0 saturated heterocycles. The van der Waals surface area contributed by atoms with Crippen molar-refractivity contribution in [2.24, 2.45) is 0 Å². The molecule has 0 aliphatic rings. The summed E-state index contributed by atoms with van der Waals surface area (Å²) in [6.07, 6.45) is 37.4. The third kappa shape index (κ3) is 33.6. The average molecular weight is 566 g/mol. The first-order chi connectivity index (χ1) is 19.2. The van der Waals surface area contributed by atoms with Crippen LogP contribution in [0, 0.1) is 0 Å². The van der Waals surface area contributed by atoms with Gasteiger partial charge < -0.3 is 7.58 Å². The zero-order valence-electron chi connectivity index (χ0n) is 26.4. The Labute approximate surface area is 250 Å². The molecule has 0 atom stereocenters. The summed E-state index contributed by atoms with van der Waals surface area (Å²) >= 11 is -0.998. The van der Waals surface area contributed by atoms with E-state index in [1.165, 1.54) is 154 Å². The lowest BCUT2D eigenvalue weighted by molar-refractivity contribution is -0.139. The summed E-state index contributed by atoms with van der Waals surface area (Å²) in [4.78, 5) is 23.7. The predicted octanol–water partition coefficient (Wildman–Crippen LogP) is 11.3. The minimum absolute atomic E-state index is 0.215. The number of unbranched alkanes of at least 4 members (excludes halogenated alkanes) is 26. The maximum Gasteiger partial charge on any atom is 0.885 e. The summed E-state index contributed by atoms with van der Waals surface area (Å²) < 4.78 is 10.3. The summed E-state index contributed by atoms with van der Waals surface area (Å²) in [7, 11) is 0. The number of hydrogen-bond acceptors (Lipinski definition) is 4. The van der Waals surface area contributed by atoms with Gasteiger partial charge in [-0.15, -0.1) is 0 Å². The van der Waals surface area contributed by atoms with Gasteiger partial charge in [0, 0.05) is 12.8 Å². The molecule has 0 heterocycles. The minimum atomic E-state index is -0.998. The largest absolute Gasteiger partial charge is 0.885 e. The van der Waals surface area contributed by atoms with Gasteiger partial charge >= 0.3 is 15.9 Å². The van der Waals surface area contributed by atoms with Crippen molar-refractivity contribution in [3.63, 3.8) is 0 Å². The van der Waals surface area contributed by atoms with Crippen LogP contribution in [0.2, 0.25) is 0 Å². The van der Waals surface area contributed by atoms with Gasteiger partial charge in [-0.2, -0.15) is 0 Å². The van der Waals surface area contributed by atoms with Crippen molar-refractivity contribution in [3.05, 3.63) is 0 Å². The number of carbonyl (C=O) groups is 2. The highest BCUT2D eigenvalue weighted by molar-refractivity contribution is 6.25. The minimum Gasteiger partial charge on any atom is -0.589 e. The van der Waals surface area contributed by atoms with Crippen LogP contribution in [0.5, 0.6) is 0 Å². The quantitative estimate of drug-likeness (QED) is 0.0601. The summed E-state index contributed by atoms with van der Waals surface area (Å²) in [5.74, 6) is -0.429. The van der Waals surface area contributed by atoms with Gasteiger partial charge in [0.1, 0.15) is 0 Å². The lowest BCUT2D eigenvalue weighted by atomic mass is 10.0. The van der Waals surface area contributed by atoms with Crippen molar-refractivity contribution in [3.8, 4) is 0 Å². The van der Waals surface area contributed by atoms with E-state index in [4.69, 9.17) is 7.58 Å². The van der Waals surface area contributed by atoms with Crippen molar-refractivity contribution in [1.29, 1.82) is 0 Å². The molecule has 1 radical (unpaired) electrons. The van der Waals surface area contributed by atoms with Crippen LogP contribution in [0.15, 0.2) is 0 Å². The molecular formula is C34H66AlO4. The van der Waals surface area contributed by atoms with Gasteiger partial charge in [-0.25, -0.2) is 0 Å². The lowest BCUT2D eigenvalue weighted by Crippen LogP contribution is -2.15. The van der Waals surface area contributed by atoms with E-state index in [-0.39, 0.29) is 11.9 Å². The lowest BCUT2D eigenvalue weighted by Gasteiger charge is -2.07. The molecule has 0 spiro atoms. The van der Waals surface area contributed by atoms with Crippen molar-refractivity contribution < 1.29 is 17.2 Å². The Balaban J connectivity index is 3.27. The van der Waals surface area contributed by atoms with Crippen molar-refractivity contribution in [1.82, 2.24) is 0 Å². The van der Waals surface area contributed by atoms with Crippen LogP contribution in [0.25, 0.3) is 0 Å². The Bertz CT molecular complexity index is 467. The van der Waals surface area contributed by atoms with E-state index in [9.17, 15) is 9.59 Å². The van der Waals surface area contributed by atoms with E-state index >= 15 is 0 Å². The number of rotatable bonds is 32. The Morgan fingerprint density at radius 2 is 0.564 bits per heavy atom. The van der Waals surface area contributed by atoms with Crippen LogP contribution in [0.1, 0.15) is 206 Å². The predicted molar refractivity (Wildman–Crippen MR) is 168 cm³/mol. The number of carbonyl (C=O) groups excluding carboxylic acids is 2. The smallest absolute Gasteiger partial charge is 0.589 e. The fourth-order valence-electron chi connectivity index (χ4n) is 5.18. The van der Waals surface area contributed by atoms with Crippen LogP contribution in [0.3, 0.4) is 0 Å². The van der Waals surface area contributed by atoms with Gasteiger partial charge in [0.2, 0.25) is 0 Å². The molecule has 0 aliphatic heterocycles.